The van der Waals surface area contributed by atoms with Crippen molar-refractivity contribution in [3.05, 3.63) is 82.9 Å². The molecule has 5 heteroatoms. The van der Waals surface area contributed by atoms with E-state index in [0.717, 1.165) is 27.2 Å². The van der Waals surface area contributed by atoms with Crippen LogP contribution < -0.4 is 0 Å². The normalized spacial score (nSPS) is 10.8. The number of benzene rings is 3. The van der Waals surface area contributed by atoms with Gasteiger partial charge in [-0.25, -0.2) is 4.98 Å². The lowest BCUT2D eigenvalue weighted by Crippen LogP contribution is -1.87. The van der Waals surface area contributed by atoms with Gasteiger partial charge in [0, 0.05) is 17.7 Å². The summed E-state index contributed by atoms with van der Waals surface area (Å²) in [4.78, 5) is 15.0. The highest BCUT2D eigenvalue weighted by atomic mass is 32.1. The van der Waals surface area contributed by atoms with Gasteiger partial charge in [0.15, 0.2) is 0 Å². The van der Waals surface area contributed by atoms with Crippen LogP contribution in [0, 0.1) is 10.1 Å². The Hall–Kier alpha value is -3.05. The van der Waals surface area contributed by atoms with Crippen LogP contribution in [0.4, 0.5) is 5.69 Å². The van der Waals surface area contributed by atoms with Crippen molar-refractivity contribution in [2.75, 3.05) is 0 Å². The van der Waals surface area contributed by atoms with Crippen molar-refractivity contribution < 1.29 is 4.92 Å². The van der Waals surface area contributed by atoms with Crippen molar-refractivity contribution in [1.29, 1.82) is 0 Å². The summed E-state index contributed by atoms with van der Waals surface area (Å²) in [5.74, 6) is 0. The number of hydrogen-bond donors (Lipinski definition) is 0. The molecule has 1 aromatic heterocycles. The van der Waals surface area contributed by atoms with E-state index in [1.54, 1.807) is 23.5 Å². The van der Waals surface area contributed by atoms with E-state index in [4.69, 9.17) is 0 Å². The molecule has 0 N–H and O–H groups in total. The van der Waals surface area contributed by atoms with E-state index >= 15 is 0 Å². The Labute approximate surface area is 142 Å². The van der Waals surface area contributed by atoms with Gasteiger partial charge in [-0.15, -0.1) is 11.3 Å². The highest BCUT2D eigenvalue weighted by molar-refractivity contribution is 7.21. The minimum Gasteiger partial charge on any atom is -0.258 e. The second-order valence-corrected chi connectivity index (χ2v) is 6.40. The quantitative estimate of drug-likeness (QED) is 0.366. The van der Waals surface area contributed by atoms with Crippen LogP contribution in [0.5, 0.6) is 0 Å². The first kappa shape index (κ1) is 14.5. The molecule has 0 atom stereocenters. The molecule has 0 aliphatic heterocycles. The molecule has 0 saturated carbocycles. The Kier molecular flexibility index (Phi) is 3.55. The Morgan fingerprint density at radius 1 is 0.792 bits per heavy atom. The molecule has 0 amide bonds. The maximum Gasteiger partial charge on any atom is 0.269 e. The SMILES string of the molecule is O=[N+]([O-])c1ccc(-c2ccc(-c3nc4ccccc4s3)cc2)cc1. The molecule has 4 rings (SSSR count). The number of hydrogen-bond acceptors (Lipinski definition) is 4. The van der Waals surface area contributed by atoms with Crippen molar-refractivity contribution in [3.8, 4) is 21.7 Å². The van der Waals surface area contributed by atoms with Crippen LogP contribution in [0.3, 0.4) is 0 Å². The van der Waals surface area contributed by atoms with E-state index in [1.807, 2.05) is 42.5 Å². The smallest absolute Gasteiger partial charge is 0.258 e. The Morgan fingerprint density at radius 3 is 2.00 bits per heavy atom. The van der Waals surface area contributed by atoms with E-state index in [-0.39, 0.29) is 10.6 Å². The molecule has 0 saturated heterocycles. The maximum absolute atomic E-state index is 10.7. The van der Waals surface area contributed by atoms with Gasteiger partial charge in [-0.1, -0.05) is 36.4 Å². The summed E-state index contributed by atoms with van der Waals surface area (Å²) >= 11 is 1.67. The standard InChI is InChI=1S/C19H12N2O2S/c22-21(23)16-11-9-14(10-12-16)13-5-7-15(8-6-13)19-20-17-3-1-2-4-18(17)24-19/h1-12H. The highest BCUT2D eigenvalue weighted by Crippen LogP contribution is 2.31. The Balaban J connectivity index is 1.65. The number of nitro groups is 1. The molecule has 0 spiro atoms. The largest absolute Gasteiger partial charge is 0.269 e. The number of thiazole rings is 1. The molecule has 0 radical (unpaired) electrons. The third-order valence-electron chi connectivity index (χ3n) is 3.84. The van der Waals surface area contributed by atoms with Crippen LogP contribution in [0.15, 0.2) is 72.8 Å². The minimum atomic E-state index is -0.389. The molecule has 24 heavy (non-hydrogen) atoms. The van der Waals surface area contributed by atoms with Crippen LogP contribution in [0.25, 0.3) is 31.9 Å². The topological polar surface area (TPSA) is 56.0 Å². The lowest BCUT2D eigenvalue weighted by atomic mass is 10.0. The van der Waals surface area contributed by atoms with Gasteiger partial charge in [0.2, 0.25) is 0 Å². The molecule has 3 aromatic carbocycles. The molecule has 1 heterocycles. The van der Waals surface area contributed by atoms with Crippen molar-refractivity contribution in [1.82, 2.24) is 4.98 Å². The van der Waals surface area contributed by atoms with E-state index in [1.165, 1.54) is 16.8 Å². The lowest BCUT2D eigenvalue weighted by molar-refractivity contribution is -0.384. The minimum absolute atomic E-state index is 0.102. The second kappa shape index (κ2) is 5.86. The van der Waals surface area contributed by atoms with Crippen molar-refractivity contribution in [2.24, 2.45) is 0 Å². The highest BCUT2D eigenvalue weighted by Gasteiger charge is 2.08. The van der Waals surface area contributed by atoms with Crippen LogP contribution in [-0.2, 0) is 0 Å². The van der Waals surface area contributed by atoms with E-state index in [0.29, 0.717) is 0 Å². The van der Waals surface area contributed by atoms with Crippen LogP contribution in [0.2, 0.25) is 0 Å². The molecule has 116 valence electrons. The zero-order valence-corrected chi connectivity index (χ0v) is 13.4. The van der Waals surface area contributed by atoms with E-state index in [9.17, 15) is 10.1 Å². The summed E-state index contributed by atoms with van der Waals surface area (Å²) in [6, 6.07) is 22.8. The van der Waals surface area contributed by atoms with Gasteiger partial charge in [-0.3, -0.25) is 10.1 Å². The second-order valence-electron chi connectivity index (χ2n) is 5.37. The number of non-ortho nitro benzene ring substituents is 1. The van der Waals surface area contributed by atoms with Gasteiger partial charge in [0.05, 0.1) is 15.1 Å². The average Bonchev–Trinajstić information content (AvgIpc) is 3.06. The fourth-order valence-corrected chi connectivity index (χ4v) is 3.55. The number of fused-ring (bicyclic) bond motifs is 1. The predicted octanol–water partition coefficient (Wildman–Crippen LogP) is 5.54. The number of nitrogens with zero attached hydrogens (tertiary/aromatic N) is 2. The van der Waals surface area contributed by atoms with Crippen molar-refractivity contribution in [3.63, 3.8) is 0 Å². The van der Waals surface area contributed by atoms with Crippen LogP contribution >= 0.6 is 11.3 Å². The number of rotatable bonds is 3. The molecular formula is C19H12N2O2S. The first-order valence-electron chi connectivity index (χ1n) is 7.41. The van der Waals surface area contributed by atoms with Gasteiger partial charge < -0.3 is 0 Å². The Morgan fingerprint density at radius 2 is 1.38 bits per heavy atom. The molecule has 0 bridgehead atoms. The van der Waals surface area contributed by atoms with E-state index < -0.39 is 0 Å². The average molecular weight is 332 g/mol. The maximum atomic E-state index is 10.7. The van der Waals surface area contributed by atoms with Gasteiger partial charge in [0.1, 0.15) is 5.01 Å². The summed E-state index contributed by atoms with van der Waals surface area (Å²) in [6.07, 6.45) is 0. The first-order valence-corrected chi connectivity index (χ1v) is 8.23. The predicted molar refractivity (Wildman–Crippen MR) is 97.1 cm³/mol. The van der Waals surface area contributed by atoms with Crippen LogP contribution in [-0.4, -0.2) is 9.91 Å². The van der Waals surface area contributed by atoms with Gasteiger partial charge in [-0.2, -0.15) is 0 Å². The lowest BCUT2D eigenvalue weighted by Gasteiger charge is -2.03. The third kappa shape index (κ3) is 2.66. The molecule has 0 fully saturated rings. The van der Waals surface area contributed by atoms with Crippen molar-refractivity contribution in [2.45, 2.75) is 0 Å². The molecular weight excluding hydrogens is 320 g/mol. The number of nitro benzene ring substituents is 1. The fourth-order valence-electron chi connectivity index (χ4n) is 2.58. The van der Waals surface area contributed by atoms with E-state index in [2.05, 4.69) is 11.1 Å². The number of aromatic nitrogens is 1. The molecule has 4 nitrogen and oxygen atoms in total. The summed E-state index contributed by atoms with van der Waals surface area (Å²) < 4.78 is 1.17. The zero-order chi connectivity index (χ0) is 16.5. The number of para-hydroxylation sites is 1. The van der Waals surface area contributed by atoms with Crippen molar-refractivity contribution >= 4 is 27.2 Å². The van der Waals surface area contributed by atoms with Gasteiger partial charge in [0.25, 0.3) is 5.69 Å². The molecule has 0 unspecified atom stereocenters. The molecule has 4 aromatic rings. The monoisotopic (exact) mass is 332 g/mol. The zero-order valence-electron chi connectivity index (χ0n) is 12.5. The summed E-state index contributed by atoms with van der Waals surface area (Å²) in [5, 5.41) is 11.7. The first-order chi connectivity index (χ1) is 11.7. The summed E-state index contributed by atoms with van der Waals surface area (Å²) in [5.41, 5.74) is 4.16. The fraction of sp³-hybridized carbons (Fsp3) is 0. The summed E-state index contributed by atoms with van der Waals surface area (Å²) in [7, 11) is 0. The Bertz CT molecular complexity index is 988. The van der Waals surface area contributed by atoms with Gasteiger partial charge >= 0.3 is 0 Å². The van der Waals surface area contributed by atoms with Crippen LogP contribution in [0.1, 0.15) is 0 Å². The third-order valence-corrected chi connectivity index (χ3v) is 4.92. The molecule has 0 aliphatic carbocycles. The summed E-state index contributed by atoms with van der Waals surface area (Å²) in [6.45, 7) is 0. The molecule has 0 aliphatic rings. The van der Waals surface area contributed by atoms with Gasteiger partial charge in [-0.05, 0) is 35.4 Å².